The second kappa shape index (κ2) is 7.11. The topological polar surface area (TPSA) is 9.23 Å². The molecule has 0 amide bonds. The number of hydrogen-bond acceptors (Lipinski definition) is 1. The Bertz CT molecular complexity index is 612. The lowest BCUT2D eigenvalue weighted by molar-refractivity contribution is 0.185. The average molecular weight is 294 g/mol. The first-order chi connectivity index (χ1) is 10.8. The van der Waals surface area contributed by atoms with Crippen molar-refractivity contribution in [3.8, 4) is 11.1 Å². The summed E-state index contributed by atoms with van der Waals surface area (Å²) in [5.74, 6) is 0.900. The lowest BCUT2D eigenvalue weighted by Crippen LogP contribution is -2.14. The minimum absolute atomic E-state index is 0.684. The molecule has 1 atom stereocenters. The standard InChI is InChI=1S/C21H26O/c1-3-4-16-5-10-21-14-20(12-11-19(21)13-16)18-8-6-17(7-9-18)15-22-2/h6-9,11-12,14,16H,3-5,10,13,15H2,1-2H3. The van der Waals surface area contributed by atoms with Gasteiger partial charge in [0.1, 0.15) is 0 Å². The summed E-state index contributed by atoms with van der Waals surface area (Å²) < 4.78 is 5.18. The van der Waals surface area contributed by atoms with Crippen molar-refractivity contribution in [1.29, 1.82) is 0 Å². The van der Waals surface area contributed by atoms with Gasteiger partial charge in [0, 0.05) is 7.11 Å². The fourth-order valence-electron chi connectivity index (χ4n) is 3.62. The van der Waals surface area contributed by atoms with Gasteiger partial charge < -0.3 is 4.74 Å². The van der Waals surface area contributed by atoms with Gasteiger partial charge in [-0.05, 0) is 53.0 Å². The molecule has 0 radical (unpaired) electrons. The Hall–Kier alpha value is -1.60. The molecule has 0 bridgehead atoms. The van der Waals surface area contributed by atoms with E-state index in [0.29, 0.717) is 6.61 Å². The van der Waals surface area contributed by atoms with Crippen LogP contribution in [0, 0.1) is 5.92 Å². The van der Waals surface area contributed by atoms with Crippen molar-refractivity contribution in [3.63, 3.8) is 0 Å². The summed E-state index contributed by atoms with van der Waals surface area (Å²) in [6, 6.07) is 15.8. The third-order valence-electron chi connectivity index (χ3n) is 4.83. The Morgan fingerprint density at radius 3 is 2.50 bits per heavy atom. The van der Waals surface area contributed by atoms with Gasteiger partial charge in [0.05, 0.1) is 6.61 Å². The van der Waals surface area contributed by atoms with E-state index >= 15 is 0 Å². The van der Waals surface area contributed by atoms with Crippen molar-refractivity contribution < 1.29 is 4.74 Å². The van der Waals surface area contributed by atoms with Gasteiger partial charge in [-0.15, -0.1) is 0 Å². The average Bonchev–Trinajstić information content (AvgIpc) is 2.56. The van der Waals surface area contributed by atoms with Crippen LogP contribution in [0.3, 0.4) is 0 Å². The van der Waals surface area contributed by atoms with Gasteiger partial charge in [-0.3, -0.25) is 0 Å². The molecule has 0 aromatic heterocycles. The third kappa shape index (κ3) is 3.41. The predicted octanol–water partition coefficient (Wildman–Crippen LogP) is 5.41. The van der Waals surface area contributed by atoms with Gasteiger partial charge in [-0.1, -0.05) is 62.2 Å². The normalized spacial score (nSPS) is 17.3. The van der Waals surface area contributed by atoms with Crippen LogP contribution in [-0.2, 0) is 24.2 Å². The molecule has 1 heteroatoms. The first kappa shape index (κ1) is 15.3. The molecular weight excluding hydrogens is 268 g/mol. The highest BCUT2D eigenvalue weighted by Crippen LogP contribution is 2.31. The zero-order chi connectivity index (χ0) is 15.4. The van der Waals surface area contributed by atoms with E-state index in [-0.39, 0.29) is 0 Å². The molecule has 0 saturated heterocycles. The van der Waals surface area contributed by atoms with Crippen LogP contribution in [0.2, 0.25) is 0 Å². The molecule has 0 aliphatic heterocycles. The van der Waals surface area contributed by atoms with Crippen molar-refractivity contribution in [2.75, 3.05) is 7.11 Å². The number of ether oxygens (including phenoxy) is 1. The second-order valence-electron chi connectivity index (χ2n) is 6.51. The van der Waals surface area contributed by atoms with E-state index in [1.807, 2.05) is 0 Å². The molecule has 2 aromatic carbocycles. The third-order valence-corrected chi connectivity index (χ3v) is 4.83. The molecule has 1 aliphatic carbocycles. The van der Waals surface area contributed by atoms with E-state index in [4.69, 9.17) is 4.74 Å². The van der Waals surface area contributed by atoms with Crippen LogP contribution in [0.1, 0.15) is 42.9 Å². The Labute approximate surface area is 134 Å². The Kier molecular flexibility index (Phi) is 4.94. The summed E-state index contributed by atoms with van der Waals surface area (Å²) in [4.78, 5) is 0. The quantitative estimate of drug-likeness (QED) is 0.717. The minimum atomic E-state index is 0.684. The molecule has 116 valence electrons. The maximum absolute atomic E-state index is 5.18. The fraction of sp³-hybridized carbons (Fsp3) is 0.429. The summed E-state index contributed by atoms with van der Waals surface area (Å²) in [6.45, 7) is 2.98. The summed E-state index contributed by atoms with van der Waals surface area (Å²) in [6.07, 6.45) is 6.57. The van der Waals surface area contributed by atoms with Crippen molar-refractivity contribution >= 4 is 0 Å². The van der Waals surface area contributed by atoms with Gasteiger partial charge in [0.2, 0.25) is 0 Å². The molecule has 0 heterocycles. The molecule has 0 saturated carbocycles. The summed E-state index contributed by atoms with van der Waals surface area (Å²) >= 11 is 0. The molecule has 0 N–H and O–H groups in total. The van der Waals surface area contributed by atoms with Crippen LogP contribution in [0.4, 0.5) is 0 Å². The summed E-state index contributed by atoms with van der Waals surface area (Å²) in [5, 5.41) is 0. The summed E-state index contributed by atoms with van der Waals surface area (Å²) in [7, 11) is 1.74. The van der Waals surface area contributed by atoms with E-state index < -0.39 is 0 Å². The monoisotopic (exact) mass is 294 g/mol. The van der Waals surface area contributed by atoms with Gasteiger partial charge in [0.15, 0.2) is 0 Å². The largest absolute Gasteiger partial charge is 0.380 e. The highest BCUT2D eigenvalue weighted by atomic mass is 16.5. The zero-order valence-corrected chi connectivity index (χ0v) is 13.8. The predicted molar refractivity (Wildman–Crippen MR) is 93.0 cm³/mol. The molecule has 1 aliphatic rings. The molecule has 22 heavy (non-hydrogen) atoms. The first-order valence-corrected chi connectivity index (χ1v) is 8.50. The van der Waals surface area contributed by atoms with Crippen LogP contribution < -0.4 is 0 Å². The van der Waals surface area contributed by atoms with Gasteiger partial charge >= 0.3 is 0 Å². The van der Waals surface area contributed by atoms with E-state index in [0.717, 1.165) is 5.92 Å². The highest BCUT2D eigenvalue weighted by molar-refractivity contribution is 5.65. The van der Waals surface area contributed by atoms with E-state index in [1.165, 1.54) is 48.8 Å². The lowest BCUT2D eigenvalue weighted by atomic mass is 9.81. The van der Waals surface area contributed by atoms with Crippen molar-refractivity contribution in [1.82, 2.24) is 0 Å². The second-order valence-corrected chi connectivity index (χ2v) is 6.51. The number of aryl methyl sites for hydroxylation is 1. The number of rotatable bonds is 5. The van der Waals surface area contributed by atoms with Crippen molar-refractivity contribution in [2.45, 2.75) is 45.6 Å². The number of benzene rings is 2. The highest BCUT2D eigenvalue weighted by Gasteiger charge is 2.18. The molecular formula is C21H26O. The zero-order valence-electron chi connectivity index (χ0n) is 13.8. The summed E-state index contributed by atoms with van der Waals surface area (Å²) in [5.41, 5.74) is 7.01. The number of fused-ring (bicyclic) bond motifs is 1. The van der Waals surface area contributed by atoms with Crippen LogP contribution in [0.25, 0.3) is 11.1 Å². The lowest BCUT2D eigenvalue weighted by Gasteiger charge is -2.24. The van der Waals surface area contributed by atoms with Crippen molar-refractivity contribution in [2.24, 2.45) is 5.92 Å². The van der Waals surface area contributed by atoms with Crippen LogP contribution in [-0.4, -0.2) is 7.11 Å². The first-order valence-electron chi connectivity index (χ1n) is 8.50. The maximum Gasteiger partial charge on any atom is 0.0713 e. The Morgan fingerprint density at radius 2 is 1.77 bits per heavy atom. The molecule has 0 spiro atoms. The SMILES string of the molecule is CCCC1CCc2cc(-c3ccc(COC)cc3)ccc2C1. The fourth-order valence-corrected chi connectivity index (χ4v) is 3.62. The maximum atomic E-state index is 5.18. The van der Waals surface area contributed by atoms with Crippen LogP contribution in [0.5, 0.6) is 0 Å². The van der Waals surface area contributed by atoms with Gasteiger partial charge in [-0.25, -0.2) is 0 Å². The number of hydrogen-bond donors (Lipinski definition) is 0. The molecule has 0 fully saturated rings. The Balaban J connectivity index is 1.79. The molecule has 2 aromatic rings. The van der Waals surface area contributed by atoms with Crippen molar-refractivity contribution in [3.05, 3.63) is 59.2 Å². The van der Waals surface area contributed by atoms with E-state index in [2.05, 4.69) is 49.4 Å². The number of methoxy groups -OCH3 is 1. The van der Waals surface area contributed by atoms with Gasteiger partial charge in [0.25, 0.3) is 0 Å². The molecule has 3 rings (SSSR count). The molecule has 1 nitrogen and oxygen atoms in total. The smallest absolute Gasteiger partial charge is 0.0713 e. The molecule has 1 unspecified atom stereocenters. The van der Waals surface area contributed by atoms with Crippen LogP contribution in [0.15, 0.2) is 42.5 Å². The van der Waals surface area contributed by atoms with E-state index in [1.54, 1.807) is 18.2 Å². The Morgan fingerprint density at radius 1 is 1.00 bits per heavy atom. The van der Waals surface area contributed by atoms with E-state index in [9.17, 15) is 0 Å². The van der Waals surface area contributed by atoms with Gasteiger partial charge in [-0.2, -0.15) is 0 Å². The van der Waals surface area contributed by atoms with Crippen LogP contribution >= 0.6 is 0 Å². The minimum Gasteiger partial charge on any atom is -0.380 e.